The van der Waals surface area contributed by atoms with Crippen LogP contribution in [0.3, 0.4) is 0 Å². The van der Waals surface area contributed by atoms with Crippen molar-refractivity contribution in [2.24, 2.45) is 5.92 Å². The highest BCUT2D eigenvalue weighted by Gasteiger charge is 2.24. The quantitative estimate of drug-likeness (QED) is 0.360. The van der Waals surface area contributed by atoms with E-state index in [0.29, 0.717) is 5.82 Å². The zero-order valence-electron chi connectivity index (χ0n) is 21.0. The average molecular weight is 470 g/mol. The van der Waals surface area contributed by atoms with Gasteiger partial charge < -0.3 is 0 Å². The molecule has 4 aromatic rings. The lowest BCUT2D eigenvalue weighted by atomic mass is 9.86. The van der Waals surface area contributed by atoms with Crippen molar-refractivity contribution in [1.82, 2.24) is 35.4 Å². The minimum absolute atomic E-state index is 0.0555. The summed E-state index contributed by atoms with van der Waals surface area (Å²) in [6, 6.07) is 16.9. The third-order valence-corrected chi connectivity index (χ3v) is 7.01. The van der Waals surface area contributed by atoms with Crippen molar-refractivity contribution >= 4 is 0 Å². The molecule has 7 nitrogen and oxygen atoms in total. The van der Waals surface area contributed by atoms with Crippen molar-refractivity contribution in [2.45, 2.75) is 77.7 Å². The average Bonchev–Trinajstić information content (AvgIpc) is 3.54. The summed E-state index contributed by atoms with van der Waals surface area (Å²) in [4.78, 5) is 5.00. The molecule has 5 rings (SSSR count). The first-order valence-electron chi connectivity index (χ1n) is 12.8. The van der Waals surface area contributed by atoms with Crippen LogP contribution in [0.4, 0.5) is 0 Å². The summed E-state index contributed by atoms with van der Waals surface area (Å²) in [7, 11) is 0. The van der Waals surface area contributed by atoms with E-state index in [1.165, 1.54) is 44.1 Å². The van der Waals surface area contributed by atoms with Gasteiger partial charge in [-0.2, -0.15) is 5.10 Å². The topological polar surface area (TPSA) is 85.2 Å². The third-order valence-electron chi connectivity index (χ3n) is 7.01. The van der Waals surface area contributed by atoms with E-state index in [2.05, 4.69) is 76.4 Å². The van der Waals surface area contributed by atoms with Crippen molar-refractivity contribution in [3.63, 3.8) is 0 Å². The van der Waals surface area contributed by atoms with Gasteiger partial charge in [0.05, 0.1) is 6.54 Å². The van der Waals surface area contributed by atoms with Crippen LogP contribution in [0.25, 0.3) is 22.5 Å². The minimum Gasteiger partial charge on any atom is -0.245 e. The number of tetrazole rings is 1. The number of H-pyrrole nitrogens is 1. The van der Waals surface area contributed by atoms with Crippen LogP contribution in [0.2, 0.25) is 0 Å². The van der Waals surface area contributed by atoms with Gasteiger partial charge in [0.25, 0.3) is 0 Å². The summed E-state index contributed by atoms with van der Waals surface area (Å²) in [6.45, 7) is 7.38. The zero-order chi connectivity index (χ0) is 24.3. The van der Waals surface area contributed by atoms with E-state index in [-0.39, 0.29) is 5.41 Å². The van der Waals surface area contributed by atoms with E-state index in [4.69, 9.17) is 10.1 Å². The SMILES string of the molecule is CC(C)(C)c1nc(CCC2CCCCC2)nn1Cc1ccc(-c2ccccc2-c2nnn[nH]2)cc1. The van der Waals surface area contributed by atoms with Crippen LogP contribution in [0.1, 0.15) is 76.5 Å². The monoisotopic (exact) mass is 469 g/mol. The highest BCUT2D eigenvalue weighted by molar-refractivity contribution is 5.80. The number of hydrogen-bond donors (Lipinski definition) is 1. The molecule has 2 aromatic heterocycles. The zero-order valence-corrected chi connectivity index (χ0v) is 21.0. The number of aryl methyl sites for hydroxylation is 1. The Balaban J connectivity index is 1.34. The fourth-order valence-electron chi connectivity index (χ4n) is 5.15. The molecule has 35 heavy (non-hydrogen) atoms. The van der Waals surface area contributed by atoms with Gasteiger partial charge in [-0.1, -0.05) is 101 Å². The van der Waals surface area contributed by atoms with Crippen LogP contribution in [-0.4, -0.2) is 35.4 Å². The number of aromatic amines is 1. The maximum absolute atomic E-state index is 5.00. The van der Waals surface area contributed by atoms with Gasteiger partial charge in [-0.05, 0) is 39.5 Å². The molecule has 0 unspecified atom stereocenters. The summed E-state index contributed by atoms with van der Waals surface area (Å²) < 4.78 is 2.11. The molecule has 1 aliphatic rings. The molecule has 0 bridgehead atoms. The molecular weight excluding hydrogens is 434 g/mol. The highest BCUT2D eigenvalue weighted by Crippen LogP contribution is 2.31. The fraction of sp³-hybridized carbons (Fsp3) is 0.464. The second kappa shape index (κ2) is 10.1. The Morgan fingerprint density at radius 2 is 1.69 bits per heavy atom. The van der Waals surface area contributed by atoms with Crippen LogP contribution >= 0.6 is 0 Å². The third kappa shape index (κ3) is 5.50. The van der Waals surface area contributed by atoms with E-state index in [9.17, 15) is 0 Å². The molecule has 0 amide bonds. The van der Waals surface area contributed by atoms with Crippen LogP contribution in [0.15, 0.2) is 48.5 Å². The van der Waals surface area contributed by atoms with Crippen molar-refractivity contribution in [3.8, 4) is 22.5 Å². The molecule has 1 fully saturated rings. The van der Waals surface area contributed by atoms with Crippen molar-refractivity contribution in [3.05, 3.63) is 65.7 Å². The molecule has 0 atom stereocenters. The second-order valence-electron chi connectivity index (χ2n) is 10.8. The van der Waals surface area contributed by atoms with Crippen LogP contribution < -0.4 is 0 Å². The first-order valence-corrected chi connectivity index (χ1v) is 12.8. The molecule has 1 N–H and O–H groups in total. The molecule has 0 aliphatic heterocycles. The first kappa shape index (κ1) is 23.4. The molecule has 0 radical (unpaired) electrons. The lowest BCUT2D eigenvalue weighted by Crippen LogP contribution is -2.20. The van der Waals surface area contributed by atoms with Crippen LogP contribution in [0.5, 0.6) is 0 Å². The Kier molecular flexibility index (Phi) is 6.75. The predicted molar refractivity (Wildman–Crippen MR) is 138 cm³/mol. The lowest BCUT2D eigenvalue weighted by Gasteiger charge is -2.20. The van der Waals surface area contributed by atoms with E-state index in [1.807, 2.05) is 18.2 Å². The number of nitrogens with one attached hydrogen (secondary N) is 1. The van der Waals surface area contributed by atoms with Gasteiger partial charge in [0, 0.05) is 17.4 Å². The van der Waals surface area contributed by atoms with Gasteiger partial charge in [-0.25, -0.2) is 14.8 Å². The number of benzene rings is 2. The largest absolute Gasteiger partial charge is 0.245 e. The van der Waals surface area contributed by atoms with E-state index < -0.39 is 0 Å². The standard InChI is InChI=1S/C28H35N7/c1-28(2,3)27-29-25(18-15-20-9-5-4-6-10-20)32-35(27)19-21-13-16-22(17-14-21)23-11-7-8-12-24(23)26-30-33-34-31-26/h7-8,11-14,16-17,20H,4-6,9-10,15,18-19H2,1-3H3,(H,30,31,33,34). The number of nitrogens with zero attached hydrogens (tertiary/aromatic N) is 6. The Hall–Kier alpha value is -3.35. The Morgan fingerprint density at radius 1 is 0.943 bits per heavy atom. The smallest absolute Gasteiger partial charge is 0.180 e. The molecular formula is C28H35N7. The molecule has 182 valence electrons. The summed E-state index contributed by atoms with van der Waals surface area (Å²) in [5.74, 6) is 3.56. The van der Waals surface area contributed by atoms with Crippen LogP contribution in [-0.2, 0) is 18.4 Å². The molecule has 1 aliphatic carbocycles. The van der Waals surface area contributed by atoms with Gasteiger partial charge in [-0.3, -0.25) is 0 Å². The molecule has 1 saturated carbocycles. The highest BCUT2D eigenvalue weighted by atomic mass is 15.5. The van der Waals surface area contributed by atoms with Crippen molar-refractivity contribution < 1.29 is 0 Å². The lowest BCUT2D eigenvalue weighted by molar-refractivity contribution is 0.337. The summed E-state index contributed by atoms with van der Waals surface area (Å²) >= 11 is 0. The first-order chi connectivity index (χ1) is 17.0. The Bertz CT molecular complexity index is 1230. The van der Waals surface area contributed by atoms with Gasteiger partial charge >= 0.3 is 0 Å². The Morgan fingerprint density at radius 3 is 2.37 bits per heavy atom. The maximum atomic E-state index is 5.00. The van der Waals surface area contributed by atoms with Gasteiger partial charge in [0.1, 0.15) is 5.82 Å². The number of hydrogen-bond acceptors (Lipinski definition) is 5. The number of rotatable bonds is 7. The van der Waals surface area contributed by atoms with Gasteiger partial charge in [0.15, 0.2) is 11.6 Å². The molecule has 2 heterocycles. The second-order valence-corrected chi connectivity index (χ2v) is 10.8. The molecule has 0 spiro atoms. The predicted octanol–water partition coefficient (Wildman–Crippen LogP) is 5.98. The summed E-state index contributed by atoms with van der Waals surface area (Å²) in [5.41, 5.74) is 4.36. The fourth-order valence-corrected chi connectivity index (χ4v) is 5.15. The van der Waals surface area contributed by atoms with Gasteiger partial charge in [-0.15, -0.1) is 5.10 Å². The normalized spacial score (nSPS) is 14.9. The van der Waals surface area contributed by atoms with E-state index in [0.717, 1.165) is 47.2 Å². The van der Waals surface area contributed by atoms with E-state index >= 15 is 0 Å². The maximum Gasteiger partial charge on any atom is 0.180 e. The van der Waals surface area contributed by atoms with E-state index in [1.54, 1.807) is 0 Å². The number of aromatic nitrogens is 7. The van der Waals surface area contributed by atoms with Crippen LogP contribution in [0, 0.1) is 5.92 Å². The molecule has 0 saturated heterocycles. The molecule has 7 heteroatoms. The summed E-state index contributed by atoms with van der Waals surface area (Å²) in [5, 5.41) is 19.4. The molecule has 2 aromatic carbocycles. The van der Waals surface area contributed by atoms with Gasteiger partial charge in [0.2, 0.25) is 0 Å². The Labute approximate surface area is 207 Å². The minimum atomic E-state index is -0.0555. The summed E-state index contributed by atoms with van der Waals surface area (Å²) in [6.07, 6.45) is 9.10. The van der Waals surface area contributed by atoms with Crippen molar-refractivity contribution in [1.29, 1.82) is 0 Å². The van der Waals surface area contributed by atoms with Crippen molar-refractivity contribution in [2.75, 3.05) is 0 Å².